The van der Waals surface area contributed by atoms with Crippen molar-refractivity contribution in [3.05, 3.63) is 42.6 Å². The lowest BCUT2D eigenvalue weighted by atomic mass is 10.3. The summed E-state index contributed by atoms with van der Waals surface area (Å²) >= 11 is 0. The molecule has 2 heterocycles. The number of rotatable bonds is 5. The molecule has 1 amide bonds. The number of carbonyl (C=O) groups excluding carboxylic acids is 1. The van der Waals surface area contributed by atoms with Crippen molar-refractivity contribution in [2.24, 2.45) is 0 Å². The quantitative estimate of drug-likeness (QED) is 0.661. The van der Waals surface area contributed by atoms with Crippen molar-refractivity contribution in [2.75, 3.05) is 18.5 Å². The van der Waals surface area contributed by atoms with Gasteiger partial charge in [0, 0.05) is 30.4 Å². The number of ether oxygens (including phenoxy) is 2. The second-order valence-corrected chi connectivity index (χ2v) is 4.36. The minimum Gasteiger partial charge on any atom is -0.472 e. The lowest BCUT2D eigenvalue weighted by molar-refractivity contribution is -0.111. The maximum Gasteiger partial charge on any atom is 0.248 e. The fourth-order valence-corrected chi connectivity index (χ4v) is 1.77. The van der Waals surface area contributed by atoms with Gasteiger partial charge < -0.3 is 14.8 Å². The van der Waals surface area contributed by atoms with Crippen LogP contribution < -0.4 is 10.1 Å². The van der Waals surface area contributed by atoms with Crippen molar-refractivity contribution in [2.45, 2.75) is 19.4 Å². The van der Waals surface area contributed by atoms with Crippen LogP contribution in [0.3, 0.4) is 0 Å². The Hall–Kier alpha value is -2.14. The van der Waals surface area contributed by atoms with Gasteiger partial charge in [-0.05, 0) is 13.0 Å². The molecule has 1 aromatic heterocycles. The van der Waals surface area contributed by atoms with Crippen molar-refractivity contribution in [1.82, 2.24) is 4.98 Å². The smallest absolute Gasteiger partial charge is 0.248 e. The molecule has 1 unspecified atom stereocenters. The van der Waals surface area contributed by atoms with Gasteiger partial charge in [0.2, 0.25) is 11.8 Å². The van der Waals surface area contributed by atoms with E-state index >= 15 is 0 Å². The third kappa shape index (κ3) is 4.51. The Morgan fingerprint density at radius 2 is 2.45 bits per heavy atom. The number of amides is 1. The summed E-state index contributed by atoms with van der Waals surface area (Å²) in [5.41, 5.74) is 0.657. The number of allylic oxidation sites excluding steroid dienone is 3. The molecule has 1 saturated heterocycles. The number of nitrogens with one attached hydrogen (secondary N) is 1. The molecule has 1 N–H and O–H groups in total. The monoisotopic (exact) mass is 274 g/mol. The van der Waals surface area contributed by atoms with Gasteiger partial charge in [-0.2, -0.15) is 0 Å². The van der Waals surface area contributed by atoms with Gasteiger partial charge in [0.25, 0.3) is 0 Å². The summed E-state index contributed by atoms with van der Waals surface area (Å²) in [5, 5.41) is 2.76. The van der Waals surface area contributed by atoms with E-state index in [1.807, 2.05) is 13.0 Å². The first-order valence-electron chi connectivity index (χ1n) is 6.58. The van der Waals surface area contributed by atoms with Crippen molar-refractivity contribution < 1.29 is 14.3 Å². The highest BCUT2D eigenvalue weighted by molar-refractivity contribution is 5.99. The summed E-state index contributed by atoms with van der Waals surface area (Å²) in [6.07, 6.45) is 9.31. The Balaban J connectivity index is 1.93. The van der Waals surface area contributed by atoms with E-state index in [-0.39, 0.29) is 12.0 Å². The standard InChI is InChI=1S/C15H18N2O3/c1-2-3-4-5-14(18)17-12-6-8-16-15(10-12)20-13-7-9-19-11-13/h2-6,8,10,13H,7,9,11H2,1H3,(H,16,17,18). The lowest BCUT2D eigenvalue weighted by Gasteiger charge is -2.11. The molecule has 0 saturated carbocycles. The van der Waals surface area contributed by atoms with Crippen LogP contribution in [-0.2, 0) is 9.53 Å². The number of hydrogen-bond donors (Lipinski definition) is 1. The average Bonchev–Trinajstić information content (AvgIpc) is 2.92. The Morgan fingerprint density at radius 3 is 3.20 bits per heavy atom. The Labute approximate surface area is 118 Å². The number of hydrogen-bond acceptors (Lipinski definition) is 4. The van der Waals surface area contributed by atoms with Gasteiger partial charge in [0.05, 0.1) is 13.2 Å². The number of aromatic nitrogens is 1. The van der Waals surface area contributed by atoms with Gasteiger partial charge in [-0.15, -0.1) is 0 Å². The van der Waals surface area contributed by atoms with Gasteiger partial charge in [0.15, 0.2) is 0 Å². The minimum absolute atomic E-state index is 0.0445. The van der Waals surface area contributed by atoms with E-state index in [4.69, 9.17) is 9.47 Å². The molecule has 5 nitrogen and oxygen atoms in total. The molecule has 0 bridgehead atoms. The SMILES string of the molecule is CC=CC=CC(=O)Nc1ccnc(OC2CCOC2)c1. The molecule has 0 aromatic carbocycles. The largest absolute Gasteiger partial charge is 0.472 e. The van der Waals surface area contributed by atoms with Gasteiger partial charge in [0.1, 0.15) is 6.10 Å². The third-order valence-corrected chi connectivity index (χ3v) is 2.73. The summed E-state index contributed by atoms with van der Waals surface area (Å²) in [6, 6.07) is 3.43. The first-order chi connectivity index (χ1) is 9.78. The van der Waals surface area contributed by atoms with Crippen LogP contribution in [0.4, 0.5) is 5.69 Å². The molecular weight excluding hydrogens is 256 g/mol. The molecule has 0 aliphatic carbocycles. The van der Waals surface area contributed by atoms with Crippen LogP contribution in [0.5, 0.6) is 5.88 Å². The molecule has 1 aliphatic rings. The van der Waals surface area contributed by atoms with Crippen molar-refractivity contribution in [3.63, 3.8) is 0 Å². The second kappa shape index (κ2) is 7.45. The fraction of sp³-hybridized carbons (Fsp3) is 0.333. The van der Waals surface area contributed by atoms with E-state index in [2.05, 4.69) is 10.3 Å². The van der Waals surface area contributed by atoms with Crippen LogP contribution in [0, 0.1) is 0 Å². The van der Waals surface area contributed by atoms with Crippen molar-refractivity contribution in [3.8, 4) is 5.88 Å². The summed E-state index contributed by atoms with van der Waals surface area (Å²) in [4.78, 5) is 15.8. The zero-order valence-corrected chi connectivity index (χ0v) is 11.4. The molecule has 1 aliphatic heterocycles. The maximum absolute atomic E-state index is 11.6. The molecule has 1 atom stereocenters. The predicted molar refractivity (Wildman–Crippen MR) is 76.7 cm³/mol. The van der Waals surface area contributed by atoms with Gasteiger partial charge in [-0.1, -0.05) is 18.2 Å². The van der Waals surface area contributed by atoms with E-state index in [0.29, 0.717) is 18.2 Å². The van der Waals surface area contributed by atoms with E-state index in [1.54, 1.807) is 30.5 Å². The molecule has 5 heteroatoms. The Kier molecular flexibility index (Phi) is 5.32. The minimum atomic E-state index is -0.190. The molecule has 1 fully saturated rings. The van der Waals surface area contributed by atoms with Gasteiger partial charge in [-0.25, -0.2) is 4.98 Å². The molecule has 1 aromatic rings. The molecule has 106 valence electrons. The van der Waals surface area contributed by atoms with Crippen LogP contribution in [0.15, 0.2) is 42.6 Å². The zero-order chi connectivity index (χ0) is 14.2. The summed E-state index contributed by atoms with van der Waals surface area (Å²) in [7, 11) is 0. The van der Waals surface area contributed by atoms with Crippen LogP contribution in [0.25, 0.3) is 0 Å². The summed E-state index contributed by atoms with van der Waals surface area (Å²) in [5.74, 6) is 0.306. The van der Waals surface area contributed by atoms with E-state index in [1.165, 1.54) is 6.08 Å². The third-order valence-electron chi connectivity index (χ3n) is 2.73. The topological polar surface area (TPSA) is 60.5 Å². The number of carbonyl (C=O) groups is 1. The number of anilines is 1. The Bertz CT molecular complexity index is 506. The Morgan fingerprint density at radius 1 is 1.55 bits per heavy atom. The molecule has 0 spiro atoms. The first-order valence-corrected chi connectivity index (χ1v) is 6.58. The summed E-state index contributed by atoms with van der Waals surface area (Å²) < 4.78 is 10.9. The highest BCUT2D eigenvalue weighted by Gasteiger charge is 2.17. The van der Waals surface area contributed by atoms with Crippen LogP contribution in [-0.4, -0.2) is 30.2 Å². The van der Waals surface area contributed by atoms with Gasteiger partial charge >= 0.3 is 0 Å². The van der Waals surface area contributed by atoms with Crippen LogP contribution >= 0.6 is 0 Å². The normalized spacial score (nSPS) is 18.8. The maximum atomic E-state index is 11.6. The average molecular weight is 274 g/mol. The highest BCUT2D eigenvalue weighted by atomic mass is 16.5. The van der Waals surface area contributed by atoms with Crippen LogP contribution in [0.1, 0.15) is 13.3 Å². The zero-order valence-electron chi connectivity index (χ0n) is 11.4. The predicted octanol–water partition coefficient (Wildman–Crippen LogP) is 2.32. The van der Waals surface area contributed by atoms with E-state index in [0.717, 1.165) is 13.0 Å². The van der Waals surface area contributed by atoms with Crippen molar-refractivity contribution in [1.29, 1.82) is 0 Å². The van der Waals surface area contributed by atoms with Gasteiger partial charge in [-0.3, -0.25) is 4.79 Å². The molecular formula is C15H18N2O3. The molecule has 0 radical (unpaired) electrons. The number of nitrogens with zero attached hydrogens (tertiary/aromatic N) is 1. The van der Waals surface area contributed by atoms with E-state index in [9.17, 15) is 4.79 Å². The first kappa shape index (κ1) is 14.3. The molecule has 20 heavy (non-hydrogen) atoms. The second-order valence-electron chi connectivity index (χ2n) is 4.36. The molecule has 2 rings (SSSR count). The summed E-state index contributed by atoms with van der Waals surface area (Å²) in [6.45, 7) is 3.20. The lowest BCUT2D eigenvalue weighted by Crippen LogP contribution is -2.16. The van der Waals surface area contributed by atoms with Crippen LogP contribution in [0.2, 0.25) is 0 Å². The highest BCUT2D eigenvalue weighted by Crippen LogP contribution is 2.18. The fourth-order valence-electron chi connectivity index (χ4n) is 1.77. The number of pyridine rings is 1. The van der Waals surface area contributed by atoms with E-state index < -0.39 is 0 Å². The van der Waals surface area contributed by atoms with Crippen molar-refractivity contribution >= 4 is 11.6 Å².